The molecule has 0 unspecified atom stereocenters. The Morgan fingerprint density at radius 1 is 1.00 bits per heavy atom. The highest BCUT2D eigenvalue weighted by Gasteiger charge is 2.32. The molecule has 0 radical (unpaired) electrons. The van der Waals surface area contributed by atoms with Gasteiger partial charge in [0, 0.05) is 11.9 Å². The Hall–Kier alpha value is -2.58. The molecule has 0 N–H and O–H groups in total. The summed E-state index contributed by atoms with van der Waals surface area (Å²) < 4.78 is 25.1. The number of rotatable bonds is 1. The van der Waals surface area contributed by atoms with E-state index < -0.39 is 9.84 Å². The summed E-state index contributed by atoms with van der Waals surface area (Å²) in [5.41, 5.74) is 4.64. The molecule has 2 aromatic carbocycles. The summed E-state index contributed by atoms with van der Waals surface area (Å²) in [5.74, 6) is 0. The first-order valence-corrected chi connectivity index (χ1v) is 8.67. The Balaban J connectivity index is 2.30. The zero-order valence-electron chi connectivity index (χ0n) is 13.2. The summed E-state index contributed by atoms with van der Waals surface area (Å²) in [6.07, 6.45) is 1.40. The van der Waals surface area contributed by atoms with Crippen LogP contribution < -0.4 is 4.90 Å². The summed E-state index contributed by atoms with van der Waals surface area (Å²) >= 11 is 0. The molecular formula is C18H16N2O2S. The second-order valence-corrected chi connectivity index (χ2v) is 7.60. The van der Waals surface area contributed by atoms with Crippen LogP contribution >= 0.6 is 0 Å². The van der Waals surface area contributed by atoms with Crippen molar-refractivity contribution in [3.8, 4) is 6.07 Å². The first-order chi connectivity index (χ1) is 10.8. The molecule has 0 amide bonds. The van der Waals surface area contributed by atoms with E-state index in [2.05, 4.69) is 0 Å². The van der Waals surface area contributed by atoms with Gasteiger partial charge in [0.25, 0.3) is 0 Å². The number of aryl methyl sites for hydroxylation is 3. The van der Waals surface area contributed by atoms with E-state index in [9.17, 15) is 13.7 Å². The molecule has 1 aliphatic rings. The fourth-order valence-electron chi connectivity index (χ4n) is 2.60. The average molecular weight is 324 g/mol. The molecule has 0 saturated carbocycles. The summed E-state index contributed by atoms with van der Waals surface area (Å²) in [4.78, 5) is 1.70. The van der Waals surface area contributed by atoms with Gasteiger partial charge in [-0.25, -0.2) is 8.42 Å². The molecule has 4 nitrogen and oxygen atoms in total. The van der Waals surface area contributed by atoms with Crippen molar-refractivity contribution in [2.45, 2.75) is 25.7 Å². The number of fused-ring (bicyclic) bond motifs is 1. The Morgan fingerprint density at radius 2 is 1.74 bits per heavy atom. The molecule has 23 heavy (non-hydrogen) atoms. The van der Waals surface area contributed by atoms with Gasteiger partial charge in [0.05, 0.1) is 10.6 Å². The van der Waals surface area contributed by atoms with Gasteiger partial charge in [-0.15, -0.1) is 0 Å². The maximum Gasteiger partial charge on any atom is 0.220 e. The maximum absolute atomic E-state index is 12.5. The molecule has 3 rings (SSSR count). The Labute approximate surface area is 136 Å². The predicted molar refractivity (Wildman–Crippen MR) is 90.1 cm³/mol. The van der Waals surface area contributed by atoms with Crippen LogP contribution in [0, 0.1) is 32.1 Å². The Bertz CT molecular complexity index is 983. The fourth-order valence-corrected chi connectivity index (χ4v) is 3.88. The highest BCUT2D eigenvalue weighted by atomic mass is 32.2. The minimum atomic E-state index is -3.75. The van der Waals surface area contributed by atoms with Gasteiger partial charge in [0.1, 0.15) is 6.07 Å². The van der Waals surface area contributed by atoms with Crippen molar-refractivity contribution < 1.29 is 8.42 Å². The molecule has 0 fully saturated rings. The van der Waals surface area contributed by atoms with Crippen LogP contribution in [0.2, 0.25) is 0 Å². The van der Waals surface area contributed by atoms with Crippen molar-refractivity contribution >= 4 is 21.2 Å². The number of benzene rings is 2. The van der Waals surface area contributed by atoms with Gasteiger partial charge >= 0.3 is 0 Å². The Morgan fingerprint density at radius 3 is 2.39 bits per heavy atom. The molecule has 0 aliphatic carbocycles. The number of allylic oxidation sites excluding steroid dienone is 1. The van der Waals surface area contributed by atoms with Crippen LogP contribution in [-0.2, 0) is 9.84 Å². The minimum absolute atomic E-state index is 0.167. The molecule has 1 heterocycles. The van der Waals surface area contributed by atoms with Crippen molar-refractivity contribution in [3.63, 3.8) is 0 Å². The summed E-state index contributed by atoms with van der Waals surface area (Å²) in [7, 11) is -3.75. The fraction of sp³-hybridized carbons (Fsp3) is 0.167. The Kier molecular flexibility index (Phi) is 3.50. The van der Waals surface area contributed by atoms with Gasteiger partial charge in [0.2, 0.25) is 9.84 Å². The highest BCUT2D eigenvalue weighted by Crippen LogP contribution is 2.40. The summed E-state index contributed by atoms with van der Waals surface area (Å²) in [6, 6.07) is 12.9. The standard InChI is InChI=1S/C18H16N2O2S/c1-12-4-7-18-17(8-12)20(11-16(10-19)23(18,21)22)15-6-5-13(2)14(3)9-15/h4-9,11H,1-3H3. The van der Waals surface area contributed by atoms with Gasteiger partial charge in [-0.2, -0.15) is 5.26 Å². The number of nitrogens with zero attached hydrogens (tertiary/aromatic N) is 2. The smallest absolute Gasteiger partial charge is 0.220 e. The molecule has 5 heteroatoms. The van der Waals surface area contributed by atoms with Crippen LogP contribution in [0.25, 0.3) is 0 Å². The summed E-state index contributed by atoms with van der Waals surface area (Å²) in [5, 5.41) is 9.25. The molecule has 2 aromatic rings. The van der Waals surface area contributed by atoms with Crippen LogP contribution in [0.5, 0.6) is 0 Å². The van der Waals surface area contributed by atoms with Gasteiger partial charge < -0.3 is 4.90 Å². The monoisotopic (exact) mass is 324 g/mol. The summed E-state index contributed by atoms with van der Waals surface area (Å²) in [6.45, 7) is 5.94. The highest BCUT2D eigenvalue weighted by molar-refractivity contribution is 7.95. The van der Waals surface area contributed by atoms with E-state index in [-0.39, 0.29) is 9.80 Å². The van der Waals surface area contributed by atoms with Crippen LogP contribution in [-0.4, -0.2) is 8.42 Å². The van der Waals surface area contributed by atoms with Crippen molar-refractivity contribution in [2.24, 2.45) is 0 Å². The lowest BCUT2D eigenvalue weighted by atomic mass is 10.1. The number of hydrogen-bond acceptors (Lipinski definition) is 4. The second kappa shape index (κ2) is 5.25. The van der Waals surface area contributed by atoms with Crippen molar-refractivity contribution in [1.82, 2.24) is 0 Å². The largest absolute Gasteiger partial charge is 0.314 e. The predicted octanol–water partition coefficient (Wildman–Crippen LogP) is 3.90. The molecule has 0 spiro atoms. The van der Waals surface area contributed by atoms with Crippen LogP contribution in [0.1, 0.15) is 16.7 Å². The quantitative estimate of drug-likeness (QED) is 0.798. The van der Waals surface area contributed by atoms with Crippen LogP contribution in [0.3, 0.4) is 0 Å². The SMILES string of the molecule is Cc1ccc2c(c1)N(c1ccc(C)c(C)c1)C=C(C#N)S2(=O)=O. The zero-order chi connectivity index (χ0) is 16.8. The average Bonchev–Trinajstić information content (AvgIpc) is 2.50. The van der Waals surface area contributed by atoms with Gasteiger partial charge in [-0.3, -0.25) is 0 Å². The third-order valence-electron chi connectivity index (χ3n) is 4.08. The lowest BCUT2D eigenvalue weighted by Gasteiger charge is -2.28. The van der Waals surface area contributed by atoms with Gasteiger partial charge in [-0.1, -0.05) is 12.1 Å². The number of sulfone groups is 1. The van der Waals surface area contributed by atoms with Crippen molar-refractivity contribution in [1.29, 1.82) is 5.26 Å². The third-order valence-corrected chi connectivity index (χ3v) is 5.78. The molecule has 116 valence electrons. The lowest BCUT2D eigenvalue weighted by Crippen LogP contribution is -2.21. The first kappa shape index (κ1) is 15.3. The zero-order valence-corrected chi connectivity index (χ0v) is 14.0. The van der Waals surface area contributed by atoms with Gasteiger partial charge in [-0.05, 0) is 61.7 Å². The van der Waals surface area contributed by atoms with Crippen molar-refractivity contribution in [3.05, 3.63) is 64.2 Å². The molecule has 0 saturated heterocycles. The molecule has 1 aliphatic heterocycles. The maximum atomic E-state index is 12.5. The minimum Gasteiger partial charge on any atom is -0.314 e. The van der Waals surface area contributed by atoms with E-state index in [1.165, 1.54) is 6.20 Å². The molecule has 0 atom stereocenters. The van der Waals surface area contributed by atoms with E-state index in [1.807, 2.05) is 45.0 Å². The number of hydrogen-bond donors (Lipinski definition) is 0. The molecule has 0 bridgehead atoms. The van der Waals surface area contributed by atoms with E-state index in [0.717, 1.165) is 22.4 Å². The van der Waals surface area contributed by atoms with Crippen LogP contribution in [0.4, 0.5) is 11.4 Å². The lowest BCUT2D eigenvalue weighted by molar-refractivity contribution is 0.602. The first-order valence-electron chi connectivity index (χ1n) is 7.19. The van der Waals surface area contributed by atoms with E-state index in [1.54, 1.807) is 23.1 Å². The van der Waals surface area contributed by atoms with Crippen LogP contribution in [0.15, 0.2) is 52.4 Å². The van der Waals surface area contributed by atoms with Crippen molar-refractivity contribution in [2.75, 3.05) is 4.90 Å². The second-order valence-electron chi connectivity index (χ2n) is 5.72. The molecule has 0 aromatic heterocycles. The number of anilines is 2. The van der Waals surface area contributed by atoms with Gasteiger partial charge in [0.15, 0.2) is 4.91 Å². The topological polar surface area (TPSA) is 61.2 Å². The van der Waals surface area contributed by atoms with E-state index in [0.29, 0.717) is 5.69 Å². The molecular weight excluding hydrogens is 308 g/mol. The van der Waals surface area contributed by atoms with E-state index in [4.69, 9.17) is 0 Å². The third kappa shape index (κ3) is 2.41. The number of nitriles is 1. The van der Waals surface area contributed by atoms with E-state index >= 15 is 0 Å². The normalized spacial score (nSPS) is 15.6.